The number of nitrogens with zero attached hydrogens (tertiary/aromatic N) is 3. The summed E-state index contributed by atoms with van der Waals surface area (Å²) in [5.74, 6) is 0.593. The topological polar surface area (TPSA) is 59.8 Å². The number of hydrogen-bond acceptors (Lipinski definition) is 3. The van der Waals surface area contributed by atoms with Crippen LogP contribution >= 0.6 is 15.9 Å². The van der Waals surface area contributed by atoms with Crippen LogP contribution in [0.3, 0.4) is 0 Å². The number of rotatable bonds is 3. The van der Waals surface area contributed by atoms with Crippen LogP contribution in [0.4, 0.5) is 0 Å². The molecule has 88 valence electrons. The molecule has 1 aromatic carbocycles. The zero-order valence-corrected chi connectivity index (χ0v) is 10.8. The van der Waals surface area contributed by atoms with E-state index in [2.05, 4.69) is 31.4 Å². The fourth-order valence-corrected chi connectivity index (χ4v) is 1.59. The van der Waals surface area contributed by atoms with Gasteiger partial charge in [-0.05, 0) is 24.3 Å². The van der Waals surface area contributed by atoms with Gasteiger partial charge < -0.3 is 9.88 Å². The highest BCUT2D eigenvalue weighted by molar-refractivity contribution is 9.10. The molecule has 6 heteroatoms. The lowest BCUT2D eigenvalue weighted by molar-refractivity contribution is 0.0949. The fourth-order valence-electron chi connectivity index (χ4n) is 1.33. The molecule has 0 spiro atoms. The summed E-state index contributed by atoms with van der Waals surface area (Å²) in [6.45, 7) is 0.366. The molecule has 0 bridgehead atoms. The van der Waals surface area contributed by atoms with E-state index in [9.17, 15) is 4.79 Å². The molecule has 0 fully saturated rings. The van der Waals surface area contributed by atoms with Gasteiger partial charge in [0.05, 0.1) is 6.54 Å². The quantitative estimate of drug-likeness (QED) is 0.933. The van der Waals surface area contributed by atoms with Crippen LogP contribution in [0.2, 0.25) is 0 Å². The highest BCUT2D eigenvalue weighted by Crippen LogP contribution is 2.10. The van der Waals surface area contributed by atoms with Crippen molar-refractivity contribution in [2.75, 3.05) is 0 Å². The lowest BCUT2D eigenvalue weighted by atomic mass is 10.2. The normalized spacial score (nSPS) is 10.2. The molecule has 0 saturated heterocycles. The first kappa shape index (κ1) is 11.8. The van der Waals surface area contributed by atoms with Gasteiger partial charge in [-0.1, -0.05) is 15.9 Å². The van der Waals surface area contributed by atoms with E-state index in [1.807, 2.05) is 19.2 Å². The van der Waals surface area contributed by atoms with Gasteiger partial charge in [-0.3, -0.25) is 4.79 Å². The van der Waals surface area contributed by atoms with Crippen LogP contribution in [0.25, 0.3) is 0 Å². The van der Waals surface area contributed by atoms with E-state index in [1.54, 1.807) is 23.0 Å². The maximum absolute atomic E-state index is 11.8. The summed E-state index contributed by atoms with van der Waals surface area (Å²) in [7, 11) is 1.83. The van der Waals surface area contributed by atoms with Crippen LogP contribution in [0.5, 0.6) is 0 Å². The van der Waals surface area contributed by atoms with E-state index in [0.29, 0.717) is 12.1 Å². The van der Waals surface area contributed by atoms with E-state index in [4.69, 9.17) is 0 Å². The van der Waals surface area contributed by atoms with Gasteiger partial charge in [-0.25, -0.2) is 0 Å². The predicted octanol–water partition coefficient (Wildman–Crippen LogP) is 1.51. The van der Waals surface area contributed by atoms with Crippen molar-refractivity contribution in [3.8, 4) is 0 Å². The fraction of sp³-hybridized carbons (Fsp3) is 0.182. The molecule has 17 heavy (non-hydrogen) atoms. The maximum Gasteiger partial charge on any atom is 0.251 e. The molecule has 0 saturated carbocycles. The molecule has 0 aliphatic carbocycles. The minimum Gasteiger partial charge on any atom is -0.345 e. The lowest BCUT2D eigenvalue weighted by Crippen LogP contribution is -2.24. The predicted molar refractivity (Wildman–Crippen MR) is 66.3 cm³/mol. The lowest BCUT2D eigenvalue weighted by Gasteiger charge is -2.04. The Morgan fingerprint density at radius 1 is 1.41 bits per heavy atom. The molecule has 0 radical (unpaired) electrons. The summed E-state index contributed by atoms with van der Waals surface area (Å²) < 4.78 is 2.71. The first-order chi connectivity index (χ1) is 8.16. The maximum atomic E-state index is 11.8. The SMILES string of the molecule is Cn1cnnc1CNC(=O)c1ccc(Br)cc1. The first-order valence-corrected chi connectivity index (χ1v) is 5.83. The second-order valence-corrected chi connectivity index (χ2v) is 4.46. The average molecular weight is 295 g/mol. The second-order valence-electron chi connectivity index (χ2n) is 3.55. The molecule has 1 N–H and O–H groups in total. The number of amides is 1. The van der Waals surface area contributed by atoms with Crippen molar-refractivity contribution in [1.29, 1.82) is 0 Å². The third-order valence-corrected chi connectivity index (χ3v) is 2.85. The molecule has 0 unspecified atom stereocenters. The first-order valence-electron chi connectivity index (χ1n) is 5.03. The monoisotopic (exact) mass is 294 g/mol. The Balaban J connectivity index is 1.98. The number of carbonyl (C=O) groups is 1. The van der Waals surface area contributed by atoms with Crippen molar-refractivity contribution in [2.45, 2.75) is 6.54 Å². The van der Waals surface area contributed by atoms with Crippen molar-refractivity contribution in [3.05, 3.63) is 46.5 Å². The number of aromatic nitrogens is 3. The molecule has 0 aliphatic rings. The number of nitrogens with one attached hydrogen (secondary N) is 1. The molecule has 1 amide bonds. The number of aryl methyl sites for hydroxylation is 1. The zero-order chi connectivity index (χ0) is 12.3. The number of carbonyl (C=O) groups excluding carboxylic acids is 1. The third-order valence-electron chi connectivity index (χ3n) is 2.32. The van der Waals surface area contributed by atoms with Gasteiger partial charge in [0.1, 0.15) is 6.33 Å². The van der Waals surface area contributed by atoms with Gasteiger partial charge in [0.15, 0.2) is 5.82 Å². The van der Waals surface area contributed by atoms with Gasteiger partial charge in [0, 0.05) is 17.1 Å². The van der Waals surface area contributed by atoms with Crippen molar-refractivity contribution in [1.82, 2.24) is 20.1 Å². The van der Waals surface area contributed by atoms with Gasteiger partial charge in [-0.2, -0.15) is 0 Å². The van der Waals surface area contributed by atoms with Gasteiger partial charge >= 0.3 is 0 Å². The number of hydrogen-bond donors (Lipinski definition) is 1. The van der Waals surface area contributed by atoms with E-state index in [0.717, 1.165) is 10.3 Å². The van der Waals surface area contributed by atoms with Crippen LogP contribution in [-0.4, -0.2) is 20.7 Å². The summed E-state index contributed by atoms with van der Waals surface area (Å²) in [6, 6.07) is 7.18. The minimum absolute atomic E-state index is 0.125. The summed E-state index contributed by atoms with van der Waals surface area (Å²) in [5, 5.41) is 10.4. The van der Waals surface area contributed by atoms with Crippen molar-refractivity contribution < 1.29 is 4.79 Å². The van der Waals surface area contributed by atoms with E-state index < -0.39 is 0 Å². The van der Waals surface area contributed by atoms with Crippen LogP contribution in [-0.2, 0) is 13.6 Å². The van der Waals surface area contributed by atoms with E-state index in [1.165, 1.54) is 0 Å². The molecule has 1 heterocycles. The molecule has 0 aliphatic heterocycles. The molecule has 2 aromatic rings. The van der Waals surface area contributed by atoms with Gasteiger partial charge in [0.2, 0.25) is 0 Å². The van der Waals surface area contributed by atoms with Crippen molar-refractivity contribution >= 4 is 21.8 Å². The van der Waals surface area contributed by atoms with Gasteiger partial charge in [0.25, 0.3) is 5.91 Å². The third kappa shape index (κ3) is 2.91. The largest absolute Gasteiger partial charge is 0.345 e. The Kier molecular flexibility index (Phi) is 3.53. The van der Waals surface area contributed by atoms with Crippen LogP contribution in [0.1, 0.15) is 16.2 Å². The molecule has 0 atom stereocenters. The second kappa shape index (κ2) is 5.09. The Bertz CT molecular complexity index is 521. The number of halogens is 1. The van der Waals surface area contributed by atoms with Gasteiger partial charge in [-0.15, -0.1) is 10.2 Å². The summed E-state index contributed by atoms with van der Waals surface area (Å²) in [4.78, 5) is 11.8. The summed E-state index contributed by atoms with van der Waals surface area (Å²) >= 11 is 3.32. The van der Waals surface area contributed by atoms with Crippen molar-refractivity contribution in [3.63, 3.8) is 0 Å². The zero-order valence-electron chi connectivity index (χ0n) is 9.22. The standard InChI is InChI=1S/C11H11BrN4O/c1-16-7-14-15-10(16)6-13-11(17)8-2-4-9(12)5-3-8/h2-5,7H,6H2,1H3,(H,13,17). The van der Waals surface area contributed by atoms with Crippen molar-refractivity contribution in [2.24, 2.45) is 7.05 Å². The molecular weight excluding hydrogens is 284 g/mol. The smallest absolute Gasteiger partial charge is 0.251 e. The molecule has 1 aromatic heterocycles. The van der Waals surface area contributed by atoms with E-state index >= 15 is 0 Å². The Morgan fingerprint density at radius 3 is 2.71 bits per heavy atom. The summed E-state index contributed by atoms with van der Waals surface area (Å²) in [6.07, 6.45) is 1.60. The highest BCUT2D eigenvalue weighted by atomic mass is 79.9. The minimum atomic E-state index is -0.125. The summed E-state index contributed by atoms with van der Waals surface area (Å²) in [5.41, 5.74) is 0.621. The average Bonchev–Trinajstić information content (AvgIpc) is 2.73. The Morgan fingerprint density at radius 2 is 2.12 bits per heavy atom. The molecular formula is C11H11BrN4O. The Labute approximate surface area is 107 Å². The van der Waals surface area contributed by atoms with Crippen LogP contribution in [0.15, 0.2) is 35.1 Å². The highest BCUT2D eigenvalue weighted by Gasteiger charge is 2.06. The number of benzene rings is 1. The Hall–Kier alpha value is -1.69. The van der Waals surface area contributed by atoms with Crippen LogP contribution in [0, 0.1) is 0 Å². The van der Waals surface area contributed by atoms with E-state index in [-0.39, 0.29) is 5.91 Å². The molecule has 5 nitrogen and oxygen atoms in total. The molecule has 2 rings (SSSR count). The van der Waals surface area contributed by atoms with Crippen LogP contribution < -0.4 is 5.32 Å².